The Kier molecular flexibility index (Phi) is 1.59. The molecule has 0 spiro atoms. The molecule has 0 aromatic carbocycles. The molecular weight excluding hydrogens is 150 g/mol. The number of aromatic nitrogens is 2. The van der Waals surface area contributed by atoms with Crippen molar-refractivity contribution in [2.24, 2.45) is 5.73 Å². The number of H-pyrrole nitrogens is 1. The van der Waals surface area contributed by atoms with E-state index in [-0.39, 0.29) is 0 Å². The summed E-state index contributed by atoms with van der Waals surface area (Å²) in [4.78, 5) is 7.48. The first-order valence-electron chi connectivity index (χ1n) is 3.95. The zero-order valence-electron chi connectivity index (χ0n) is 6.96. The molecule has 2 aromatic heterocycles. The molecule has 3 N–H and O–H groups in total. The summed E-state index contributed by atoms with van der Waals surface area (Å²) in [5.41, 5.74) is 8.47. The van der Waals surface area contributed by atoms with E-state index < -0.39 is 0 Å². The summed E-state index contributed by atoms with van der Waals surface area (Å²) in [6, 6.07) is 6.07. The fourth-order valence-electron chi connectivity index (χ4n) is 1.27. The number of nitrogens with two attached hydrogens (primary N) is 1. The maximum absolute atomic E-state index is 5.49. The van der Waals surface area contributed by atoms with Crippen molar-refractivity contribution < 1.29 is 0 Å². The Labute approximate surface area is 70.6 Å². The van der Waals surface area contributed by atoms with Crippen LogP contribution >= 0.6 is 0 Å². The molecule has 2 rings (SSSR count). The Balaban J connectivity index is 2.67. The number of aromatic amines is 1. The molecule has 3 nitrogen and oxygen atoms in total. The summed E-state index contributed by atoms with van der Waals surface area (Å²) in [7, 11) is 0. The average molecular weight is 161 g/mol. The van der Waals surface area contributed by atoms with Crippen molar-refractivity contribution in [1.82, 2.24) is 9.97 Å². The van der Waals surface area contributed by atoms with E-state index in [4.69, 9.17) is 5.73 Å². The highest BCUT2D eigenvalue weighted by Gasteiger charge is 1.99. The monoisotopic (exact) mass is 161 g/mol. The first-order chi connectivity index (χ1) is 5.79. The normalized spacial score (nSPS) is 10.8. The van der Waals surface area contributed by atoms with Crippen molar-refractivity contribution in [1.29, 1.82) is 0 Å². The van der Waals surface area contributed by atoms with Crippen LogP contribution in [0.4, 0.5) is 0 Å². The number of aryl methyl sites for hydroxylation is 1. The molecule has 0 bridgehead atoms. The van der Waals surface area contributed by atoms with E-state index in [1.165, 1.54) is 0 Å². The highest BCUT2D eigenvalue weighted by Crippen LogP contribution is 2.12. The second-order valence-corrected chi connectivity index (χ2v) is 2.89. The van der Waals surface area contributed by atoms with Gasteiger partial charge in [-0.15, -0.1) is 0 Å². The highest BCUT2D eigenvalue weighted by molar-refractivity contribution is 5.76. The lowest BCUT2D eigenvalue weighted by atomic mass is 10.3. The van der Waals surface area contributed by atoms with Gasteiger partial charge in [-0.1, -0.05) is 0 Å². The fourth-order valence-corrected chi connectivity index (χ4v) is 1.27. The quantitative estimate of drug-likeness (QED) is 0.663. The lowest BCUT2D eigenvalue weighted by Crippen LogP contribution is -1.95. The van der Waals surface area contributed by atoms with E-state index in [1.807, 2.05) is 25.1 Å². The van der Waals surface area contributed by atoms with Gasteiger partial charge in [-0.05, 0) is 25.1 Å². The van der Waals surface area contributed by atoms with Gasteiger partial charge in [0.05, 0.1) is 0 Å². The van der Waals surface area contributed by atoms with Crippen LogP contribution in [0.25, 0.3) is 11.0 Å². The largest absolute Gasteiger partial charge is 0.342 e. The third kappa shape index (κ3) is 1.08. The summed E-state index contributed by atoms with van der Waals surface area (Å²) in [6.45, 7) is 2.51. The number of fused-ring (bicyclic) bond motifs is 1. The van der Waals surface area contributed by atoms with Crippen LogP contribution in [-0.4, -0.2) is 9.97 Å². The molecule has 0 unspecified atom stereocenters. The molecule has 0 aliphatic rings. The van der Waals surface area contributed by atoms with Gasteiger partial charge in [-0.25, -0.2) is 4.98 Å². The molecule has 0 saturated carbocycles. The Bertz CT molecular complexity index is 403. The van der Waals surface area contributed by atoms with Gasteiger partial charge < -0.3 is 10.7 Å². The van der Waals surface area contributed by atoms with Crippen molar-refractivity contribution >= 4 is 11.0 Å². The van der Waals surface area contributed by atoms with Gasteiger partial charge in [0.1, 0.15) is 5.65 Å². The van der Waals surface area contributed by atoms with Crippen LogP contribution < -0.4 is 5.73 Å². The molecule has 0 fully saturated rings. The summed E-state index contributed by atoms with van der Waals surface area (Å²) >= 11 is 0. The summed E-state index contributed by atoms with van der Waals surface area (Å²) < 4.78 is 0. The second kappa shape index (κ2) is 2.60. The first kappa shape index (κ1) is 7.31. The van der Waals surface area contributed by atoms with Crippen LogP contribution in [-0.2, 0) is 6.54 Å². The van der Waals surface area contributed by atoms with Crippen LogP contribution in [0, 0.1) is 6.92 Å². The molecule has 2 aromatic rings. The number of hydrogen-bond donors (Lipinski definition) is 2. The maximum Gasteiger partial charge on any atom is 0.137 e. The van der Waals surface area contributed by atoms with Gasteiger partial charge in [0.15, 0.2) is 0 Å². The van der Waals surface area contributed by atoms with E-state index in [0.29, 0.717) is 6.54 Å². The van der Waals surface area contributed by atoms with Crippen molar-refractivity contribution in [2.75, 3.05) is 0 Å². The molecule has 0 atom stereocenters. The number of hydrogen-bond acceptors (Lipinski definition) is 2. The van der Waals surface area contributed by atoms with Crippen molar-refractivity contribution in [3.8, 4) is 0 Å². The minimum absolute atomic E-state index is 0.537. The molecule has 62 valence electrons. The van der Waals surface area contributed by atoms with Crippen LogP contribution in [0.3, 0.4) is 0 Å². The Morgan fingerprint density at radius 2 is 2.33 bits per heavy atom. The molecule has 2 heterocycles. The highest BCUT2D eigenvalue weighted by atomic mass is 14.9. The summed E-state index contributed by atoms with van der Waals surface area (Å²) in [6.07, 6.45) is 0. The van der Waals surface area contributed by atoms with Crippen LogP contribution in [0.1, 0.15) is 11.4 Å². The SMILES string of the molecule is Cc1ccc2cc(CN)[nH]c2n1. The van der Waals surface area contributed by atoms with E-state index in [1.54, 1.807) is 0 Å². The van der Waals surface area contributed by atoms with E-state index in [0.717, 1.165) is 22.4 Å². The number of nitrogens with one attached hydrogen (secondary N) is 1. The van der Waals surface area contributed by atoms with Gasteiger partial charge in [-0.2, -0.15) is 0 Å². The lowest BCUT2D eigenvalue weighted by Gasteiger charge is -1.90. The van der Waals surface area contributed by atoms with E-state index in [9.17, 15) is 0 Å². The molecule has 0 aliphatic heterocycles. The van der Waals surface area contributed by atoms with Crippen molar-refractivity contribution in [3.63, 3.8) is 0 Å². The van der Waals surface area contributed by atoms with E-state index in [2.05, 4.69) is 9.97 Å². The Hall–Kier alpha value is -1.35. The average Bonchev–Trinajstić information content (AvgIpc) is 2.46. The van der Waals surface area contributed by atoms with Crippen LogP contribution in [0.5, 0.6) is 0 Å². The zero-order chi connectivity index (χ0) is 8.55. The molecule has 0 saturated heterocycles. The number of nitrogens with zero attached hydrogens (tertiary/aromatic N) is 1. The molecule has 0 aliphatic carbocycles. The smallest absolute Gasteiger partial charge is 0.137 e. The van der Waals surface area contributed by atoms with Crippen molar-refractivity contribution in [2.45, 2.75) is 13.5 Å². The Morgan fingerprint density at radius 1 is 1.50 bits per heavy atom. The maximum atomic E-state index is 5.49. The number of rotatable bonds is 1. The zero-order valence-corrected chi connectivity index (χ0v) is 6.96. The summed E-state index contributed by atoms with van der Waals surface area (Å²) in [5.74, 6) is 0. The fraction of sp³-hybridized carbons (Fsp3) is 0.222. The minimum atomic E-state index is 0.537. The van der Waals surface area contributed by atoms with Gasteiger partial charge in [0, 0.05) is 23.3 Å². The lowest BCUT2D eigenvalue weighted by molar-refractivity contribution is 1.01. The van der Waals surface area contributed by atoms with Gasteiger partial charge >= 0.3 is 0 Å². The Morgan fingerprint density at radius 3 is 3.08 bits per heavy atom. The minimum Gasteiger partial charge on any atom is -0.342 e. The van der Waals surface area contributed by atoms with Crippen LogP contribution in [0.2, 0.25) is 0 Å². The second-order valence-electron chi connectivity index (χ2n) is 2.89. The van der Waals surface area contributed by atoms with Gasteiger partial charge in [0.25, 0.3) is 0 Å². The third-order valence-electron chi connectivity index (χ3n) is 1.89. The standard InChI is InChI=1S/C9H11N3/c1-6-2-3-7-4-8(5-10)12-9(7)11-6/h2-4H,5,10H2,1H3,(H,11,12). The predicted octanol–water partition coefficient (Wildman–Crippen LogP) is 1.33. The molecule has 12 heavy (non-hydrogen) atoms. The van der Waals surface area contributed by atoms with Crippen LogP contribution in [0.15, 0.2) is 18.2 Å². The topological polar surface area (TPSA) is 54.7 Å². The first-order valence-corrected chi connectivity index (χ1v) is 3.95. The van der Waals surface area contributed by atoms with Gasteiger partial charge in [-0.3, -0.25) is 0 Å². The predicted molar refractivity (Wildman–Crippen MR) is 48.7 cm³/mol. The van der Waals surface area contributed by atoms with Gasteiger partial charge in [0.2, 0.25) is 0 Å². The molecule has 0 amide bonds. The molecule has 0 radical (unpaired) electrons. The number of pyridine rings is 1. The van der Waals surface area contributed by atoms with E-state index >= 15 is 0 Å². The third-order valence-corrected chi connectivity index (χ3v) is 1.89. The molecular formula is C9H11N3. The molecule has 3 heteroatoms. The van der Waals surface area contributed by atoms with Crippen molar-refractivity contribution in [3.05, 3.63) is 29.6 Å². The summed E-state index contributed by atoms with van der Waals surface area (Å²) in [5, 5.41) is 1.13.